The van der Waals surface area contributed by atoms with E-state index in [4.69, 9.17) is 4.74 Å². The Morgan fingerprint density at radius 3 is 2.85 bits per heavy atom. The van der Waals surface area contributed by atoms with E-state index in [1.54, 1.807) is 18.4 Å². The molecule has 0 aliphatic carbocycles. The van der Waals surface area contributed by atoms with Crippen molar-refractivity contribution in [1.29, 1.82) is 0 Å². The number of carbonyl (C=O) groups is 1. The Hall–Kier alpha value is -1.56. The summed E-state index contributed by atoms with van der Waals surface area (Å²) in [7, 11) is 3.25. The molecule has 0 atom stereocenters. The van der Waals surface area contributed by atoms with E-state index in [9.17, 15) is 4.79 Å². The summed E-state index contributed by atoms with van der Waals surface area (Å²) in [5.74, 6) is 0.847. The molecule has 0 aromatic carbocycles. The third-order valence-electron chi connectivity index (χ3n) is 3.54. The van der Waals surface area contributed by atoms with E-state index in [2.05, 4.69) is 26.7 Å². The van der Waals surface area contributed by atoms with Crippen LogP contribution in [0.25, 0.3) is 0 Å². The maximum Gasteiger partial charge on any atom is 0.308 e. The van der Waals surface area contributed by atoms with Crippen LogP contribution in [0.3, 0.4) is 0 Å². The first-order chi connectivity index (χ1) is 9.74. The van der Waals surface area contributed by atoms with Gasteiger partial charge in [0.1, 0.15) is 0 Å². The number of thiophene rings is 1. The first-order valence-corrected chi connectivity index (χ1v) is 7.68. The number of guanidine groups is 1. The van der Waals surface area contributed by atoms with Gasteiger partial charge >= 0.3 is 5.97 Å². The highest BCUT2D eigenvalue weighted by Crippen LogP contribution is 2.18. The molecule has 0 spiro atoms. The van der Waals surface area contributed by atoms with Gasteiger partial charge < -0.3 is 15.0 Å². The molecule has 1 aromatic heterocycles. The number of hydrogen-bond donors (Lipinski definition) is 1. The number of ether oxygens (including phenoxy) is 1. The Morgan fingerprint density at radius 1 is 1.55 bits per heavy atom. The summed E-state index contributed by atoms with van der Waals surface area (Å²) < 4.78 is 4.81. The van der Waals surface area contributed by atoms with Crippen LogP contribution in [0.4, 0.5) is 0 Å². The minimum atomic E-state index is -0.0915. The summed E-state index contributed by atoms with van der Waals surface area (Å²) >= 11 is 1.73. The summed E-state index contributed by atoms with van der Waals surface area (Å²) in [5.41, 5.74) is 0. The Balaban J connectivity index is 1.83. The quantitative estimate of drug-likeness (QED) is 0.524. The van der Waals surface area contributed by atoms with Crippen LogP contribution >= 0.6 is 11.3 Å². The molecule has 1 saturated heterocycles. The third-order valence-corrected chi connectivity index (χ3v) is 4.42. The number of hydrogen-bond acceptors (Lipinski definition) is 4. The number of carbonyl (C=O) groups excluding carboxylic acids is 1. The van der Waals surface area contributed by atoms with Gasteiger partial charge in [-0.3, -0.25) is 9.79 Å². The molecule has 20 heavy (non-hydrogen) atoms. The summed E-state index contributed by atoms with van der Waals surface area (Å²) in [5, 5.41) is 5.44. The molecule has 1 aliphatic heterocycles. The zero-order valence-corrected chi connectivity index (χ0v) is 12.8. The van der Waals surface area contributed by atoms with Gasteiger partial charge in [0, 0.05) is 25.0 Å². The molecule has 6 heteroatoms. The van der Waals surface area contributed by atoms with Gasteiger partial charge in [0.25, 0.3) is 0 Å². The molecule has 1 aliphatic rings. The molecule has 5 nitrogen and oxygen atoms in total. The minimum Gasteiger partial charge on any atom is -0.469 e. The average Bonchev–Trinajstić information content (AvgIpc) is 3.01. The van der Waals surface area contributed by atoms with Gasteiger partial charge in [-0.1, -0.05) is 6.07 Å². The largest absolute Gasteiger partial charge is 0.469 e. The molecule has 0 bridgehead atoms. The van der Waals surface area contributed by atoms with Crippen molar-refractivity contribution >= 4 is 23.3 Å². The van der Waals surface area contributed by atoms with Crippen molar-refractivity contribution in [2.45, 2.75) is 19.4 Å². The number of piperidine rings is 1. The Labute approximate surface area is 123 Å². The topological polar surface area (TPSA) is 53.9 Å². The van der Waals surface area contributed by atoms with E-state index in [0.717, 1.165) is 38.4 Å². The standard InChI is InChI=1S/C14H21N3O2S/c1-15-14(16-10-12-4-3-9-20-12)17-7-5-11(6-8-17)13(18)19-2/h3-4,9,11H,5-8,10H2,1-2H3,(H,15,16). The number of methoxy groups -OCH3 is 1. The van der Waals surface area contributed by atoms with Gasteiger partial charge in [-0.15, -0.1) is 11.3 Å². The summed E-state index contributed by atoms with van der Waals surface area (Å²) in [6, 6.07) is 4.15. The normalized spacial score (nSPS) is 17.1. The Morgan fingerprint density at radius 2 is 2.30 bits per heavy atom. The van der Waals surface area contributed by atoms with Crippen molar-refractivity contribution < 1.29 is 9.53 Å². The lowest BCUT2D eigenvalue weighted by molar-refractivity contribution is -0.146. The van der Waals surface area contributed by atoms with Crippen LogP contribution in [0, 0.1) is 5.92 Å². The first kappa shape index (κ1) is 14.8. The molecular weight excluding hydrogens is 274 g/mol. The SMILES string of the molecule is CN=C(NCc1cccs1)N1CCC(C(=O)OC)CC1. The van der Waals surface area contributed by atoms with Crippen molar-refractivity contribution in [3.63, 3.8) is 0 Å². The molecule has 1 aromatic rings. The van der Waals surface area contributed by atoms with Crippen LogP contribution in [0.15, 0.2) is 22.5 Å². The maximum atomic E-state index is 11.5. The van der Waals surface area contributed by atoms with Crippen molar-refractivity contribution in [1.82, 2.24) is 10.2 Å². The van der Waals surface area contributed by atoms with E-state index in [1.165, 1.54) is 12.0 Å². The second-order valence-corrected chi connectivity index (χ2v) is 5.80. The highest BCUT2D eigenvalue weighted by atomic mass is 32.1. The van der Waals surface area contributed by atoms with Gasteiger partial charge in [-0.05, 0) is 24.3 Å². The zero-order valence-electron chi connectivity index (χ0n) is 12.0. The van der Waals surface area contributed by atoms with Crippen LogP contribution < -0.4 is 5.32 Å². The van der Waals surface area contributed by atoms with Crippen molar-refractivity contribution in [3.05, 3.63) is 22.4 Å². The predicted molar refractivity (Wildman–Crippen MR) is 80.8 cm³/mol. The molecule has 1 N–H and O–H groups in total. The fourth-order valence-corrected chi connectivity index (χ4v) is 3.05. The molecular formula is C14H21N3O2S. The first-order valence-electron chi connectivity index (χ1n) is 6.80. The number of likely N-dealkylation sites (tertiary alicyclic amines) is 1. The van der Waals surface area contributed by atoms with Gasteiger partial charge in [-0.2, -0.15) is 0 Å². The number of nitrogens with one attached hydrogen (secondary N) is 1. The molecule has 2 heterocycles. The third kappa shape index (κ3) is 3.72. The average molecular weight is 295 g/mol. The fourth-order valence-electron chi connectivity index (χ4n) is 2.41. The number of nitrogens with zero attached hydrogens (tertiary/aromatic N) is 2. The van der Waals surface area contributed by atoms with Crippen LogP contribution in [0.5, 0.6) is 0 Å². The van der Waals surface area contributed by atoms with Gasteiger partial charge in [0.2, 0.25) is 0 Å². The second kappa shape index (κ2) is 7.28. The monoisotopic (exact) mass is 295 g/mol. The van der Waals surface area contributed by atoms with E-state index in [1.807, 2.05) is 6.07 Å². The van der Waals surface area contributed by atoms with Crippen LogP contribution in [-0.4, -0.2) is 44.1 Å². The van der Waals surface area contributed by atoms with E-state index >= 15 is 0 Å². The fraction of sp³-hybridized carbons (Fsp3) is 0.571. The van der Waals surface area contributed by atoms with Crippen molar-refractivity contribution in [2.24, 2.45) is 10.9 Å². The van der Waals surface area contributed by atoms with E-state index < -0.39 is 0 Å². The van der Waals surface area contributed by atoms with Gasteiger partial charge in [0.05, 0.1) is 19.6 Å². The van der Waals surface area contributed by atoms with E-state index in [-0.39, 0.29) is 11.9 Å². The molecule has 0 radical (unpaired) electrons. The lowest BCUT2D eigenvalue weighted by atomic mass is 9.97. The highest BCUT2D eigenvalue weighted by Gasteiger charge is 2.26. The van der Waals surface area contributed by atoms with Crippen LogP contribution in [0.1, 0.15) is 17.7 Å². The summed E-state index contributed by atoms with van der Waals surface area (Å²) in [4.78, 5) is 19.3. The predicted octanol–water partition coefficient (Wildman–Crippen LogP) is 1.71. The molecule has 110 valence electrons. The second-order valence-electron chi connectivity index (χ2n) is 4.76. The molecule has 0 amide bonds. The zero-order chi connectivity index (χ0) is 14.4. The Bertz CT molecular complexity index is 451. The molecule has 2 rings (SSSR count). The number of aliphatic imine (C=N–C) groups is 1. The van der Waals surface area contributed by atoms with Gasteiger partial charge in [0.15, 0.2) is 5.96 Å². The summed E-state index contributed by atoms with van der Waals surface area (Å²) in [6.45, 7) is 2.47. The van der Waals surface area contributed by atoms with Crippen molar-refractivity contribution in [2.75, 3.05) is 27.2 Å². The smallest absolute Gasteiger partial charge is 0.308 e. The highest BCUT2D eigenvalue weighted by molar-refractivity contribution is 7.09. The van der Waals surface area contributed by atoms with Gasteiger partial charge in [-0.25, -0.2) is 0 Å². The van der Waals surface area contributed by atoms with Crippen molar-refractivity contribution in [3.8, 4) is 0 Å². The van der Waals surface area contributed by atoms with Crippen LogP contribution in [0.2, 0.25) is 0 Å². The number of esters is 1. The molecule has 0 unspecified atom stereocenters. The lowest BCUT2D eigenvalue weighted by Gasteiger charge is -2.33. The maximum absolute atomic E-state index is 11.5. The number of rotatable bonds is 3. The molecule has 1 fully saturated rings. The molecule has 0 saturated carbocycles. The lowest BCUT2D eigenvalue weighted by Crippen LogP contribution is -2.46. The Kier molecular flexibility index (Phi) is 5.40. The van der Waals surface area contributed by atoms with E-state index in [0.29, 0.717) is 0 Å². The van der Waals surface area contributed by atoms with Crippen LogP contribution in [-0.2, 0) is 16.1 Å². The minimum absolute atomic E-state index is 0.0339. The summed E-state index contributed by atoms with van der Waals surface area (Å²) in [6.07, 6.45) is 1.65.